The molecule has 0 saturated carbocycles. The van der Waals surface area contributed by atoms with E-state index in [1.807, 2.05) is 0 Å². The predicted octanol–water partition coefficient (Wildman–Crippen LogP) is 3.40. The van der Waals surface area contributed by atoms with E-state index in [9.17, 15) is 14.4 Å². The predicted molar refractivity (Wildman–Crippen MR) is 96.7 cm³/mol. The molecule has 5 nitrogen and oxygen atoms in total. The first-order valence-electron chi connectivity index (χ1n) is 8.57. The molecule has 0 N–H and O–H groups in total. The Kier molecular flexibility index (Phi) is 7.09. The highest BCUT2D eigenvalue weighted by atomic mass is 16.5. The molecule has 0 aromatic heterocycles. The Labute approximate surface area is 152 Å². The molecule has 136 valence electrons. The van der Waals surface area contributed by atoms with Crippen LogP contribution < -0.4 is 0 Å². The molecule has 0 amide bonds. The zero-order valence-electron chi connectivity index (χ0n) is 14.9. The van der Waals surface area contributed by atoms with E-state index in [4.69, 9.17) is 9.47 Å². The third-order valence-electron chi connectivity index (χ3n) is 3.91. The van der Waals surface area contributed by atoms with Crippen molar-refractivity contribution in [1.29, 1.82) is 0 Å². The van der Waals surface area contributed by atoms with Crippen molar-refractivity contribution in [3.63, 3.8) is 0 Å². The normalized spacial score (nSPS) is 12.7. The summed E-state index contributed by atoms with van der Waals surface area (Å²) in [6.07, 6.45) is 0. The van der Waals surface area contributed by atoms with Crippen LogP contribution in [-0.2, 0) is 19.1 Å². The molecule has 0 bridgehead atoms. The summed E-state index contributed by atoms with van der Waals surface area (Å²) in [6, 6.07) is 17.1. The quantitative estimate of drug-likeness (QED) is 0.413. The van der Waals surface area contributed by atoms with E-state index < -0.39 is 29.6 Å². The fraction of sp³-hybridized carbons (Fsp3) is 0.286. The minimum absolute atomic E-state index is 0.113. The number of hydrogen-bond donors (Lipinski definition) is 0. The minimum atomic E-state index is -1.31. The van der Waals surface area contributed by atoms with Crippen molar-refractivity contribution < 1.29 is 23.9 Å². The van der Waals surface area contributed by atoms with Gasteiger partial charge in [-0.2, -0.15) is 0 Å². The van der Waals surface area contributed by atoms with Gasteiger partial charge in [0, 0.05) is 5.56 Å². The Bertz CT molecular complexity index is 740. The monoisotopic (exact) mass is 354 g/mol. The lowest BCUT2D eigenvalue weighted by Crippen LogP contribution is -2.36. The van der Waals surface area contributed by atoms with Crippen molar-refractivity contribution in [3.05, 3.63) is 71.8 Å². The number of benzene rings is 2. The number of carbonyl (C=O) groups is 3. The molecule has 0 fully saturated rings. The Morgan fingerprint density at radius 3 is 1.81 bits per heavy atom. The Balaban J connectivity index is 2.52. The van der Waals surface area contributed by atoms with Gasteiger partial charge in [0.1, 0.15) is 11.8 Å². The van der Waals surface area contributed by atoms with E-state index >= 15 is 0 Å². The van der Waals surface area contributed by atoms with E-state index in [1.54, 1.807) is 74.5 Å². The van der Waals surface area contributed by atoms with Crippen LogP contribution in [0.3, 0.4) is 0 Å². The van der Waals surface area contributed by atoms with Gasteiger partial charge < -0.3 is 9.47 Å². The molecule has 2 rings (SSSR count). The second kappa shape index (κ2) is 9.51. The first-order valence-corrected chi connectivity index (χ1v) is 8.57. The van der Waals surface area contributed by atoms with Crippen LogP contribution >= 0.6 is 0 Å². The van der Waals surface area contributed by atoms with Crippen molar-refractivity contribution >= 4 is 17.7 Å². The number of carbonyl (C=O) groups excluding carboxylic acids is 3. The molecule has 0 aliphatic carbocycles. The number of esters is 2. The summed E-state index contributed by atoms with van der Waals surface area (Å²) in [4.78, 5) is 38.4. The molecule has 5 heteroatoms. The van der Waals surface area contributed by atoms with Gasteiger partial charge in [-0.1, -0.05) is 60.7 Å². The van der Waals surface area contributed by atoms with Crippen LogP contribution in [0.25, 0.3) is 0 Å². The second-order valence-corrected chi connectivity index (χ2v) is 5.60. The molecular weight excluding hydrogens is 332 g/mol. The molecule has 2 atom stereocenters. The molecule has 0 saturated heterocycles. The molecule has 0 aliphatic rings. The fourth-order valence-electron chi connectivity index (χ4n) is 2.77. The third kappa shape index (κ3) is 4.57. The molecular formula is C21H22O5. The molecule has 2 aromatic rings. The van der Waals surface area contributed by atoms with E-state index in [2.05, 4.69) is 0 Å². The number of rotatable bonds is 8. The topological polar surface area (TPSA) is 69.7 Å². The molecule has 0 aliphatic heterocycles. The van der Waals surface area contributed by atoms with E-state index in [0.29, 0.717) is 11.1 Å². The SMILES string of the molecule is CCOC(=O)[C@H](C(=O)c1ccccc1)[C@@H](C(=O)OCC)c1ccccc1. The fourth-order valence-corrected chi connectivity index (χ4v) is 2.77. The summed E-state index contributed by atoms with van der Waals surface area (Å²) in [5.41, 5.74) is 0.879. The van der Waals surface area contributed by atoms with Crippen LogP contribution in [0.5, 0.6) is 0 Å². The average molecular weight is 354 g/mol. The first-order chi connectivity index (χ1) is 12.6. The minimum Gasteiger partial charge on any atom is -0.465 e. The molecule has 2 aromatic carbocycles. The summed E-state index contributed by atoms with van der Waals surface area (Å²) < 4.78 is 10.3. The number of Topliss-reactive ketones (excluding diaryl/α,β-unsaturated/α-hetero) is 1. The third-order valence-corrected chi connectivity index (χ3v) is 3.91. The van der Waals surface area contributed by atoms with Gasteiger partial charge in [0.05, 0.1) is 13.2 Å². The van der Waals surface area contributed by atoms with Gasteiger partial charge in [0.25, 0.3) is 0 Å². The summed E-state index contributed by atoms with van der Waals surface area (Å²) in [6.45, 7) is 3.60. The molecule has 0 radical (unpaired) electrons. The van der Waals surface area contributed by atoms with Crippen LogP contribution in [0.15, 0.2) is 60.7 Å². The highest BCUT2D eigenvalue weighted by Crippen LogP contribution is 2.30. The summed E-state index contributed by atoms with van der Waals surface area (Å²) in [5.74, 6) is -4.20. The van der Waals surface area contributed by atoms with Crippen LogP contribution in [0.2, 0.25) is 0 Å². The summed E-state index contributed by atoms with van der Waals surface area (Å²) >= 11 is 0. The maximum Gasteiger partial charge on any atom is 0.318 e. The van der Waals surface area contributed by atoms with Gasteiger partial charge >= 0.3 is 11.9 Å². The van der Waals surface area contributed by atoms with Crippen LogP contribution in [0.1, 0.15) is 35.7 Å². The second-order valence-electron chi connectivity index (χ2n) is 5.60. The Morgan fingerprint density at radius 1 is 0.769 bits per heavy atom. The van der Waals surface area contributed by atoms with Crippen molar-refractivity contribution in [1.82, 2.24) is 0 Å². The van der Waals surface area contributed by atoms with Crippen LogP contribution in [0, 0.1) is 5.92 Å². The number of ether oxygens (including phenoxy) is 2. The Morgan fingerprint density at radius 2 is 1.27 bits per heavy atom. The lowest BCUT2D eigenvalue weighted by molar-refractivity contribution is -0.155. The largest absolute Gasteiger partial charge is 0.465 e. The number of hydrogen-bond acceptors (Lipinski definition) is 5. The van der Waals surface area contributed by atoms with Gasteiger partial charge in [-0.3, -0.25) is 14.4 Å². The van der Waals surface area contributed by atoms with Gasteiger partial charge in [-0.15, -0.1) is 0 Å². The molecule has 0 spiro atoms. The molecule has 26 heavy (non-hydrogen) atoms. The van der Waals surface area contributed by atoms with Gasteiger partial charge in [-0.05, 0) is 19.4 Å². The average Bonchev–Trinajstić information content (AvgIpc) is 2.67. The smallest absolute Gasteiger partial charge is 0.318 e. The van der Waals surface area contributed by atoms with E-state index in [-0.39, 0.29) is 13.2 Å². The summed E-state index contributed by atoms with van der Waals surface area (Å²) in [5, 5.41) is 0. The standard InChI is InChI=1S/C21H22O5/c1-3-25-20(23)17(15-11-7-5-8-12-15)18(21(24)26-4-2)19(22)16-13-9-6-10-14-16/h5-14,17-18H,3-4H2,1-2H3/t17-,18-/m0/s1. The zero-order chi connectivity index (χ0) is 18.9. The maximum atomic E-state index is 13.1. The van der Waals surface area contributed by atoms with E-state index in [0.717, 1.165) is 0 Å². The van der Waals surface area contributed by atoms with Crippen molar-refractivity contribution in [3.8, 4) is 0 Å². The van der Waals surface area contributed by atoms with Crippen LogP contribution in [0.4, 0.5) is 0 Å². The number of ketones is 1. The lowest BCUT2D eigenvalue weighted by Gasteiger charge is -2.23. The van der Waals surface area contributed by atoms with Gasteiger partial charge in [0.15, 0.2) is 5.78 Å². The van der Waals surface area contributed by atoms with Crippen molar-refractivity contribution in [2.24, 2.45) is 5.92 Å². The van der Waals surface area contributed by atoms with Gasteiger partial charge in [-0.25, -0.2) is 0 Å². The summed E-state index contributed by atoms with van der Waals surface area (Å²) in [7, 11) is 0. The zero-order valence-corrected chi connectivity index (χ0v) is 14.9. The van der Waals surface area contributed by atoms with Gasteiger partial charge in [0.2, 0.25) is 0 Å². The molecule has 0 heterocycles. The Hall–Kier alpha value is -2.95. The van der Waals surface area contributed by atoms with E-state index in [1.165, 1.54) is 0 Å². The highest BCUT2D eigenvalue weighted by molar-refractivity contribution is 6.12. The van der Waals surface area contributed by atoms with Crippen molar-refractivity contribution in [2.45, 2.75) is 19.8 Å². The highest BCUT2D eigenvalue weighted by Gasteiger charge is 2.42. The maximum absolute atomic E-state index is 13.1. The van der Waals surface area contributed by atoms with Crippen molar-refractivity contribution in [2.75, 3.05) is 13.2 Å². The first kappa shape index (κ1) is 19.4. The van der Waals surface area contributed by atoms with Crippen LogP contribution in [-0.4, -0.2) is 30.9 Å². The molecule has 0 unspecified atom stereocenters. The lowest BCUT2D eigenvalue weighted by atomic mass is 9.81.